The zero-order valence-electron chi connectivity index (χ0n) is 15.5. The van der Waals surface area contributed by atoms with Gasteiger partial charge in [-0.2, -0.15) is 5.26 Å². The van der Waals surface area contributed by atoms with Gasteiger partial charge in [0.05, 0.1) is 13.2 Å². The number of benzene rings is 2. The largest absolute Gasteiger partial charge is 0.493 e. The van der Waals surface area contributed by atoms with Gasteiger partial charge in [-0.25, -0.2) is 4.79 Å². The third-order valence-corrected chi connectivity index (χ3v) is 3.86. The van der Waals surface area contributed by atoms with Crippen LogP contribution in [0, 0.1) is 11.3 Å². The molecule has 0 unspecified atom stereocenters. The van der Waals surface area contributed by atoms with Crippen molar-refractivity contribution in [3.63, 3.8) is 0 Å². The highest BCUT2D eigenvalue weighted by atomic mass is 16.5. The smallest absolute Gasteiger partial charge is 0.341 e. The van der Waals surface area contributed by atoms with Crippen LogP contribution in [0.25, 0.3) is 6.08 Å². The highest BCUT2D eigenvalue weighted by Crippen LogP contribution is 2.29. The van der Waals surface area contributed by atoms with Crippen molar-refractivity contribution >= 4 is 18.0 Å². The first-order valence-electron chi connectivity index (χ1n) is 8.44. The summed E-state index contributed by atoms with van der Waals surface area (Å²) >= 11 is 0. The second-order valence-electron chi connectivity index (χ2n) is 5.87. The van der Waals surface area contributed by atoms with Crippen molar-refractivity contribution in [3.05, 3.63) is 65.2 Å². The summed E-state index contributed by atoms with van der Waals surface area (Å²) in [7, 11) is 1.41. The fourth-order valence-electron chi connectivity index (χ4n) is 2.45. The van der Waals surface area contributed by atoms with E-state index in [4.69, 9.17) is 14.6 Å². The molecule has 0 spiro atoms. The topological polar surface area (TPSA) is 109 Å². The second-order valence-corrected chi connectivity index (χ2v) is 5.87. The Morgan fingerprint density at radius 2 is 1.93 bits per heavy atom. The molecule has 144 valence electrons. The zero-order chi connectivity index (χ0) is 20.5. The average Bonchev–Trinajstić information content (AvgIpc) is 2.71. The number of carbonyl (C=O) groups is 2. The number of aliphatic carboxylic acids is 1. The van der Waals surface area contributed by atoms with Crippen molar-refractivity contribution in [1.29, 1.82) is 5.26 Å². The van der Waals surface area contributed by atoms with Gasteiger partial charge in [-0.1, -0.05) is 36.4 Å². The first-order valence-corrected chi connectivity index (χ1v) is 8.44. The van der Waals surface area contributed by atoms with Crippen molar-refractivity contribution in [2.45, 2.75) is 13.0 Å². The molecule has 0 fully saturated rings. The third-order valence-electron chi connectivity index (χ3n) is 3.86. The molecule has 0 aliphatic carbocycles. The number of nitriles is 1. The number of hydrogen-bond donors (Lipinski definition) is 2. The molecule has 28 heavy (non-hydrogen) atoms. The van der Waals surface area contributed by atoms with Gasteiger partial charge in [0.2, 0.25) is 0 Å². The maximum atomic E-state index is 12.4. The Kier molecular flexibility index (Phi) is 7.17. The van der Waals surface area contributed by atoms with Gasteiger partial charge < -0.3 is 19.9 Å². The minimum absolute atomic E-state index is 0.0657. The number of hydrogen-bond acceptors (Lipinski definition) is 5. The van der Waals surface area contributed by atoms with Crippen molar-refractivity contribution in [1.82, 2.24) is 5.32 Å². The Morgan fingerprint density at radius 3 is 2.54 bits per heavy atom. The fourth-order valence-corrected chi connectivity index (χ4v) is 2.45. The van der Waals surface area contributed by atoms with Gasteiger partial charge in [0, 0.05) is 0 Å². The molecule has 0 aliphatic heterocycles. The Balaban J connectivity index is 2.17. The number of rotatable bonds is 8. The molecule has 1 amide bonds. The van der Waals surface area contributed by atoms with Gasteiger partial charge in [0.25, 0.3) is 5.91 Å². The summed E-state index contributed by atoms with van der Waals surface area (Å²) in [5.41, 5.74) is 1.40. The molecule has 2 rings (SSSR count). The summed E-state index contributed by atoms with van der Waals surface area (Å²) in [5, 5.41) is 20.9. The van der Waals surface area contributed by atoms with Gasteiger partial charge in [-0.3, -0.25) is 4.79 Å². The highest BCUT2D eigenvalue weighted by Gasteiger charge is 2.14. The molecule has 0 saturated carbocycles. The number of carboxylic acids is 1. The molecular formula is C21H20N2O5. The molecule has 0 aromatic heterocycles. The normalized spacial score (nSPS) is 11.8. The summed E-state index contributed by atoms with van der Waals surface area (Å²) < 4.78 is 10.3. The molecule has 2 N–H and O–H groups in total. The first-order chi connectivity index (χ1) is 13.4. The Morgan fingerprint density at radius 1 is 1.21 bits per heavy atom. The number of carboxylic acid groups (broad SMARTS) is 1. The maximum Gasteiger partial charge on any atom is 0.341 e. The number of carbonyl (C=O) groups excluding carboxylic acids is 1. The van der Waals surface area contributed by atoms with Crippen LogP contribution in [0.5, 0.6) is 11.5 Å². The predicted octanol–water partition coefficient (Wildman–Crippen LogP) is 2.94. The molecule has 7 heteroatoms. The maximum absolute atomic E-state index is 12.4. The van der Waals surface area contributed by atoms with Crippen molar-refractivity contribution in [2.24, 2.45) is 0 Å². The lowest BCUT2D eigenvalue weighted by molar-refractivity contribution is -0.139. The minimum Gasteiger partial charge on any atom is -0.493 e. The summed E-state index contributed by atoms with van der Waals surface area (Å²) in [6.07, 6.45) is 1.43. The molecule has 0 saturated heterocycles. The van der Waals surface area contributed by atoms with E-state index in [-0.39, 0.29) is 17.4 Å². The monoisotopic (exact) mass is 380 g/mol. The molecule has 0 bridgehead atoms. The lowest BCUT2D eigenvalue weighted by atomic mass is 10.1. The van der Waals surface area contributed by atoms with Crippen LogP contribution >= 0.6 is 0 Å². The van der Waals surface area contributed by atoms with Crippen molar-refractivity contribution in [2.75, 3.05) is 13.7 Å². The summed E-state index contributed by atoms with van der Waals surface area (Å²) in [5.74, 6) is -1.06. The van der Waals surface area contributed by atoms with Crippen LogP contribution in [-0.2, 0) is 9.59 Å². The average molecular weight is 380 g/mol. The molecule has 7 nitrogen and oxygen atoms in total. The van der Waals surface area contributed by atoms with Crippen LogP contribution in [0.4, 0.5) is 0 Å². The molecule has 0 radical (unpaired) electrons. The Labute approximate surface area is 162 Å². The number of amides is 1. The van der Waals surface area contributed by atoms with Gasteiger partial charge >= 0.3 is 5.97 Å². The van der Waals surface area contributed by atoms with E-state index in [1.165, 1.54) is 19.3 Å². The van der Waals surface area contributed by atoms with Crippen LogP contribution < -0.4 is 14.8 Å². The summed E-state index contributed by atoms with van der Waals surface area (Å²) in [6.45, 7) is 1.33. The van der Waals surface area contributed by atoms with Crippen LogP contribution in [0.2, 0.25) is 0 Å². The van der Waals surface area contributed by atoms with E-state index in [9.17, 15) is 14.9 Å². The molecule has 2 aromatic carbocycles. The SMILES string of the molecule is COc1cc(/C=C(\C#N)C(=O)N[C@H](C)c2ccccc2)ccc1OCC(=O)O. The zero-order valence-corrected chi connectivity index (χ0v) is 15.5. The van der Waals surface area contributed by atoms with Gasteiger partial charge in [-0.05, 0) is 36.3 Å². The molecule has 0 aliphatic rings. The highest BCUT2D eigenvalue weighted by molar-refractivity contribution is 6.01. The van der Waals surface area contributed by atoms with E-state index >= 15 is 0 Å². The summed E-state index contributed by atoms with van der Waals surface area (Å²) in [4.78, 5) is 23.1. The van der Waals surface area contributed by atoms with E-state index in [1.54, 1.807) is 12.1 Å². The third kappa shape index (κ3) is 5.61. The first kappa shape index (κ1) is 20.5. The Hall–Kier alpha value is -3.79. The molecule has 0 heterocycles. The number of ether oxygens (including phenoxy) is 2. The molecule has 1 atom stereocenters. The van der Waals surface area contributed by atoms with Gasteiger partial charge in [-0.15, -0.1) is 0 Å². The number of methoxy groups -OCH3 is 1. The van der Waals surface area contributed by atoms with Crippen LogP contribution in [0.15, 0.2) is 54.1 Å². The van der Waals surface area contributed by atoms with Gasteiger partial charge in [0.15, 0.2) is 18.1 Å². The second kappa shape index (κ2) is 9.78. The van der Waals surface area contributed by atoms with E-state index in [2.05, 4.69) is 5.32 Å². The van der Waals surface area contributed by atoms with Crippen LogP contribution in [0.3, 0.4) is 0 Å². The molecular weight excluding hydrogens is 360 g/mol. The summed E-state index contributed by atoms with van der Waals surface area (Å²) in [6, 6.07) is 15.7. The minimum atomic E-state index is -1.11. The lowest BCUT2D eigenvalue weighted by Gasteiger charge is -2.14. The van der Waals surface area contributed by atoms with Crippen LogP contribution in [0.1, 0.15) is 24.1 Å². The predicted molar refractivity (Wildman–Crippen MR) is 103 cm³/mol. The van der Waals surface area contributed by atoms with E-state index in [0.29, 0.717) is 11.3 Å². The van der Waals surface area contributed by atoms with Gasteiger partial charge in [0.1, 0.15) is 11.6 Å². The van der Waals surface area contributed by atoms with E-state index < -0.39 is 18.5 Å². The Bertz CT molecular complexity index is 916. The standard InChI is InChI=1S/C21H20N2O5/c1-14(16-6-4-3-5-7-16)23-21(26)17(12-22)10-15-8-9-18(19(11-15)27-2)28-13-20(24)25/h3-11,14H,13H2,1-2H3,(H,23,26)(H,24,25)/b17-10+/t14-/m1/s1. The van der Waals surface area contributed by atoms with Crippen molar-refractivity contribution in [3.8, 4) is 17.6 Å². The quantitative estimate of drug-likeness (QED) is 0.538. The van der Waals surface area contributed by atoms with Crippen LogP contribution in [-0.4, -0.2) is 30.7 Å². The molecule has 2 aromatic rings. The number of nitrogens with one attached hydrogen (secondary N) is 1. The van der Waals surface area contributed by atoms with E-state index in [1.807, 2.05) is 43.3 Å². The number of nitrogens with zero attached hydrogens (tertiary/aromatic N) is 1. The van der Waals surface area contributed by atoms with Crippen molar-refractivity contribution < 1.29 is 24.2 Å². The fraction of sp³-hybridized carbons (Fsp3) is 0.190. The van der Waals surface area contributed by atoms with E-state index in [0.717, 1.165) is 5.56 Å². The lowest BCUT2D eigenvalue weighted by Crippen LogP contribution is -2.27.